The minimum Gasteiger partial charge on any atom is -0.273 e. The number of benzene rings is 6. The Hall–Kier alpha value is -6.88. The fraction of sp³-hybridized carbons (Fsp3) is 0.184. The average molecular weight is 781 g/mol. The lowest BCUT2D eigenvalue weighted by molar-refractivity contribution is -0.127. The van der Waals surface area contributed by atoms with Crippen LogP contribution < -0.4 is 19.9 Å². The van der Waals surface area contributed by atoms with Crippen LogP contribution in [0.25, 0.3) is 0 Å². The van der Waals surface area contributed by atoms with Crippen molar-refractivity contribution in [3.8, 4) is 0 Å². The van der Waals surface area contributed by atoms with E-state index in [1.165, 1.54) is 9.80 Å². The van der Waals surface area contributed by atoms with E-state index in [0.29, 0.717) is 17.8 Å². The summed E-state index contributed by atoms with van der Waals surface area (Å²) in [5.41, 5.74) is 8.42. The molecule has 2 unspecified atom stereocenters. The van der Waals surface area contributed by atoms with E-state index in [-0.39, 0.29) is 11.8 Å². The van der Waals surface area contributed by atoms with Crippen molar-refractivity contribution in [2.75, 3.05) is 19.9 Å². The Kier molecular flexibility index (Phi) is 8.96. The molecule has 4 aliphatic heterocycles. The van der Waals surface area contributed by atoms with Gasteiger partial charge in [0.2, 0.25) is 11.8 Å². The van der Waals surface area contributed by atoms with E-state index < -0.39 is 47.9 Å². The number of imide groups is 2. The third kappa shape index (κ3) is 6.19. The number of hydroxylamine groups is 2. The van der Waals surface area contributed by atoms with Crippen molar-refractivity contribution in [2.45, 2.75) is 44.6 Å². The molecule has 0 saturated carbocycles. The van der Waals surface area contributed by atoms with Gasteiger partial charge < -0.3 is 0 Å². The van der Waals surface area contributed by atoms with Crippen molar-refractivity contribution in [2.24, 2.45) is 11.8 Å². The molecule has 59 heavy (non-hydrogen) atoms. The number of rotatable bonds is 8. The van der Waals surface area contributed by atoms with E-state index in [1.807, 2.05) is 147 Å². The zero-order chi connectivity index (χ0) is 40.4. The highest BCUT2D eigenvalue weighted by Crippen LogP contribution is 2.49. The molecule has 0 radical (unpaired) electrons. The number of hydrogen-bond acceptors (Lipinski definition) is 8. The maximum atomic E-state index is 14.2. The second-order valence-corrected chi connectivity index (χ2v) is 15.7. The molecule has 4 aliphatic rings. The van der Waals surface area contributed by atoms with E-state index in [4.69, 9.17) is 9.68 Å². The standard InChI is InChI=1S/C49H40N4O6/c1-30-13-21-34(22-14-30)42-40-44(58-52(42)38-9-5-3-6-10-38)48(56)50(46(40)54)36-25-17-32(18-26-36)29-33-19-27-37(28-20-33)51-47(55)41-43(35-23-15-31(2)16-24-35)53(59-45(41)49(51)57)39-11-7-4-8-12-39/h3-28,40-45H,29H2,1-2H3/t40-,41+,42?,43?,44+,45-. The van der Waals surface area contributed by atoms with E-state index >= 15 is 0 Å². The molecule has 4 saturated heterocycles. The molecule has 10 heteroatoms. The summed E-state index contributed by atoms with van der Waals surface area (Å²) in [5.74, 6) is -2.83. The molecule has 10 rings (SSSR count). The first-order valence-electron chi connectivity index (χ1n) is 19.8. The van der Waals surface area contributed by atoms with Crippen LogP contribution in [0, 0.1) is 25.7 Å². The van der Waals surface area contributed by atoms with Crippen LogP contribution >= 0.6 is 0 Å². The maximum absolute atomic E-state index is 14.2. The molecule has 0 N–H and O–H groups in total. The minimum atomic E-state index is -0.955. The van der Waals surface area contributed by atoms with Gasteiger partial charge in [0, 0.05) is 0 Å². The van der Waals surface area contributed by atoms with Gasteiger partial charge in [-0.05, 0) is 91.1 Å². The topological polar surface area (TPSA) is 99.7 Å². The van der Waals surface area contributed by atoms with Gasteiger partial charge in [-0.1, -0.05) is 120 Å². The van der Waals surface area contributed by atoms with Gasteiger partial charge in [0.1, 0.15) is 11.8 Å². The zero-order valence-corrected chi connectivity index (χ0v) is 32.4. The van der Waals surface area contributed by atoms with E-state index in [1.54, 1.807) is 34.4 Å². The highest BCUT2D eigenvalue weighted by atomic mass is 16.7. The number of carbonyl (C=O) groups excluding carboxylic acids is 4. The Labute approximate surface area is 341 Å². The number of hydrogen-bond donors (Lipinski definition) is 0. The van der Waals surface area contributed by atoms with Crippen LogP contribution in [0.5, 0.6) is 0 Å². The Morgan fingerprint density at radius 3 is 1.12 bits per heavy atom. The Balaban J connectivity index is 0.849. The summed E-state index contributed by atoms with van der Waals surface area (Å²) in [6, 6.07) is 48.9. The first kappa shape index (κ1) is 36.5. The quantitative estimate of drug-likeness (QED) is 0.143. The summed E-state index contributed by atoms with van der Waals surface area (Å²) in [5, 5.41) is 3.41. The number of anilines is 4. The molecule has 0 aliphatic carbocycles. The van der Waals surface area contributed by atoms with Gasteiger partial charge in [0.25, 0.3) is 11.8 Å². The van der Waals surface area contributed by atoms with Gasteiger partial charge in [-0.2, -0.15) is 0 Å². The number of carbonyl (C=O) groups is 4. The number of aryl methyl sites for hydroxylation is 2. The number of fused-ring (bicyclic) bond motifs is 2. The lowest BCUT2D eigenvalue weighted by atomic mass is 9.90. The highest BCUT2D eigenvalue weighted by Gasteiger charge is 2.61. The zero-order valence-electron chi connectivity index (χ0n) is 32.4. The first-order valence-corrected chi connectivity index (χ1v) is 19.8. The average Bonchev–Trinajstić information content (AvgIpc) is 3.99. The Morgan fingerprint density at radius 1 is 0.407 bits per heavy atom. The first-order chi connectivity index (χ1) is 28.7. The molecule has 6 aromatic rings. The minimum absolute atomic E-state index is 0.300. The molecule has 6 aromatic carbocycles. The van der Waals surface area contributed by atoms with Gasteiger partial charge >= 0.3 is 0 Å². The van der Waals surface area contributed by atoms with Crippen molar-refractivity contribution in [3.63, 3.8) is 0 Å². The largest absolute Gasteiger partial charge is 0.273 e. The van der Waals surface area contributed by atoms with E-state index in [0.717, 1.165) is 44.8 Å². The van der Waals surface area contributed by atoms with Crippen LogP contribution in [0.4, 0.5) is 22.7 Å². The molecule has 4 heterocycles. The SMILES string of the molecule is Cc1ccc(C2[C@H]3C(=O)N(c4ccc(Cc5ccc(N6C(=O)[C@@H]7ON(c8ccccc8)C(c8ccc(C)cc8)[C@@H]7C6=O)cc5)cc4)C(=O)[C@H]3ON2c2ccccc2)cc1. The fourth-order valence-electron chi connectivity index (χ4n) is 8.90. The van der Waals surface area contributed by atoms with E-state index in [9.17, 15) is 19.2 Å². The Bertz CT molecular complexity index is 2390. The van der Waals surface area contributed by atoms with Crippen LogP contribution in [-0.2, 0) is 35.3 Å². The third-order valence-electron chi connectivity index (χ3n) is 11.9. The van der Waals surface area contributed by atoms with Gasteiger partial charge in [0.15, 0.2) is 12.2 Å². The van der Waals surface area contributed by atoms with Crippen LogP contribution in [0.3, 0.4) is 0 Å². The molecule has 4 amide bonds. The van der Waals surface area contributed by atoms with Gasteiger partial charge in [-0.15, -0.1) is 0 Å². The summed E-state index contributed by atoms with van der Waals surface area (Å²) < 4.78 is 0. The van der Waals surface area contributed by atoms with Crippen molar-refractivity contribution >= 4 is 46.4 Å². The second kappa shape index (κ2) is 14.5. The fourth-order valence-corrected chi connectivity index (χ4v) is 8.90. The normalized spacial score (nSPS) is 23.7. The molecule has 6 atom stereocenters. The van der Waals surface area contributed by atoms with Crippen LogP contribution in [0.2, 0.25) is 0 Å². The highest BCUT2D eigenvalue weighted by molar-refractivity contribution is 6.24. The monoisotopic (exact) mass is 780 g/mol. The molecule has 10 nitrogen and oxygen atoms in total. The number of nitrogens with zero attached hydrogens (tertiary/aromatic N) is 4. The molecular weight excluding hydrogens is 741 g/mol. The third-order valence-corrected chi connectivity index (χ3v) is 11.9. The van der Waals surface area contributed by atoms with Gasteiger partial charge in [-0.25, -0.2) is 19.9 Å². The van der Waals surface area contributed by atoms with Crippen molar-refractivity contribution in [3.05, 3.63) is 191 Å². The predicted octanol–water partition coefficient (Wildman–Crippen LogP) is 8.00. The van der Waals surface area contributed by atoms with E-state index in [2.05, 4.69) is 0 Å². The predicted molar refractivity (Wildman–Crippen MR) is 223 cm³/mol. The second-order valence-electron chi connectivity index (χ2n) is 15.7. The smallest absolute Gasteiger partial charge is 0.266 e. The summed E-state index contributed by atoms with van der Waals surface area (Å²) in [6.07, 6.45) is -1.36. The molecule has 4 fully saturated rings. The molecule has 292 valence electrons. The van der Waals surface area contributed by atoms with Crippen LogP contribution in [0.15, 0.2) is 158 Å². The van der Waals surface area contributed by atoms with Crippen molar-refractivity contribution in [1.82, 2.24) is 0 Å². The molecule has 0 spiro atoms. The molecule has 0 bridgehead atoms. The van der Waals surface area contributed by atoms with Crippen LogP contribution in [0.1, 0.15) is 45.5 Å². The lowest BCUT2D eigenvalue weighted by Crippen LogP contribution is -2.37. The van der Waals surface area contributed by atoms with Crippen molar-refractivity contribution < 1.29 is 28.9 Å². The summed E-state index contributed by atoms with van der Waals surface area (Å²) in [6.45, 7) is 4.02. The number of para-hydroxylation sites is 2. The summed E-state index contributed by atoms with van der Waals surface area (Å²) in [7, 11) is 0. The van der Waals surface area contributed by atoms with Gasteiger partial charge in [0.05, 0.1) is 34.8 Å². The lowest BCUT2D eigenvalue weighted by Gasteiger charge is -2.29. The molecular formula is C49H40N4O6. The van der Waals surface area contributed by atoms with Crippen molar-refractivity contribution in [1.29, 1.82) is 0 Å². The summed E-state index contributed by atoms with van der Waals surface area (Å²) >= 11 is 0. The van der Waals surface area contributed by atoms with Gasteiger partial charge in [-0.3, -0.25) is 28.9 Å². The van der Waals surface area contributed by atoms with Crippen LogP contribution in [-0.4, -0.2) is 35.8 Å². The Morgan fingerprint density at radius 2 is 0.763 bits per heavy atom. The molecule has 0 aromatic heterocycles. The maximum Gasteiger partial charge on any atom is 0.266 e. The summed E-state index contributed by atoms with van der Waals surface area (Å²) in [4.78, 5) is 71.3. The number of amides is 4.